The number of hydrogen-bond acceptors (Lipinski definition) is 2. The van der Waals surface area contributed by atoms with Crippen LogP contribution in [-0.4, -0.2) is 34.0 Å². The molecule has 2 N–H and O–H groups in total. The molecule has 1 aromatic carbocycles. The lowest BCUT2D eigenvalue weighted by atomic mass is 10.1. The Kier molecular flexibility index (Phi) is 3.67. The molecule has 0 spiro atoms. The maximum Gasteiger partial charge on any atom is 0.304 e. The van der Waals surface area contributed by atoms with Crippen molar-refractivity contribution in [3.05, 3.63) is 36.0 Å². The van der Waals surface area contributed by atoms with Crippen LogP contribution in [0.15, 0.2) is 30.5 Å². The van der Waals surface area contributed by atoms with E-state index in [1.54, 1.807) is 0 Å². The summed E-state index contributed by atoms with van der Waals surface area (Å²) in [7, 11) is 1.95. The molecule has 0 bridgehead atoms. The fourth-order valence-electron chi connectivity index (χ4n) is 2.10. The van der Waals surface area contributed by atoms with Gasteiger partial charge in [-0.25, -0.2) is 0 Å². The van der Waals surface area contributed by atoms with Gasteiger partial charge in [-0.15, -0.1) is 0 Å². The van der Waals surface area contributed by atoms with Crippen molar-refractivity contribution >= 4 is 16.9 Å². The number of fused-ring (bicyclic) bond motifs is 1. The van der Waals surface area contributed by atoms with E-state index < -0.39 is 5.97 Å². The highest BCUT2D eigenvalue weighted by atomic mass is 16.4. The zero-order valence-corrected chi connectivity index (χ0v) is 10.7. The van der Waals surface area contributed by atoms with Crippen LogP contribution in [0.1, 0.15) is 18.9 Å². The highest BCUT2D eigenvalue weighted by Crippen LogP contribution is 2.19. The molecule has 0 aliphatic carbocycles. The van der Waals surface area contributed by atoms with Gasteiger partial charge in [0.05, 0.1) is 6.42 Å². The number of nitrogens with one attached hydrogen (secondary N) is 1. The molecule has 1 atom stereocenters. The highest BCUT2D eigenvalue weighted by Gasteiger charge is 2.14. The Morgan fingerprint density at radius 3 is 2.89 bits per heavy atom. The minimum Gasteiger partial charge on any atom is -0.481 e. The summed E-state index contributed by atoms with van der Waals surface area (Å²) in [6.45, 7) is 2.68. The van der Waals surface area contributed by atoms with E-state index in [0.29, 0.717) is 0 Å². The summed E-state index contributed by atoms with van der Waals surface area (Å²) in [5.41, 5.74) is 2.32. The normalized spacial score (nSPS) is 13.1. The molecule has 1 aromatic heterocycles. The predicted octanol–water partition coefficient (Wildman–Crippen LogP) is 2.46. The van der Waals surface area contributed by atoms with Gasteiger partial charge in [0, 0.05) is 29.7 Å². The van der Waals surface area contributed by atoms with Crippen molar-refractivity contribution in [2.45, 2.75) is 25.9 Å². The van der Waals surface area contributed by atoms with Crippen LogP contribution in [0.4, 0.5) is 0 Å². The van der Waals surface area contributed by atoms with Crippen molar-refractivity contribution in [2.24, 2.45) is 0 Å². The number of H-pyrrole nitrogens is 1. The quantitative estimate of drug-likeness (QED) is 0.852. The van der Waals surface area contributed by atoms with E-state index in [0.717, 1.165) is 12.1 Å². The fraction of sp³-hybridized carbons (Fsp3) is 0.357. The first-order valence-corrected chi connectivity index (χ1v) is 6.05. The van der Waals surface area contributed by atoms with Crippen LogP contribution >= 0.6 is 0 Å². The standard InChI is InChI=1S/C14H18N2O2/c1-10(7-14(17)18)16(2)9-11-8-15-13-6-4-3-5-12(11)13/h3-6,8,10,15H,7,9H2,1-2H3,(H,17,18). The smallest absolute Gasteiger partial charge is 0.304 e. The number of para-hydroxylation sites is 1. The molecule has 4 heteroatoms. The first kappa shape index (κ1) is 12.6. The number of aromatic amines is 1. The highest BCUT2D eigenvalue weighted by molar-refractivity contribution is 5.82. The van der Waals surface area contributed by atoms with Gasteiger partial charge >= 0.3 is 5.97 Å². The molecule has 1 heterocycles. The van der Waals surface area contributed by atoms with Crippen molar-refractivity contribution in [3.63, 3.8) is 0 Å². The molecule has 18 heavy (non-hydrogen) atoms. The van der Waals surface area contributed by atoms with Crippen LogP contribution in [0.5, 0.6) is 0 Å². The maximum absolute atomic E-state index is 10.7. The third-order valence-electron chi connectivity index (χ3n) is 3.32. The Morgan fingerprint density at radius 2 is 2.17 bits per heavy atom. The minimum atomic E-state index is -0.756. The maximum atomic E-state index is 10.7. The lowest BCUT2D eigenvalue weighted by Gasteiger charge is -2.22. The van der Waals surface area contributed by atoms with Gasteiger partial charge in [-0.1, -0.05) is 18.2 Å². The molecule has 0 aliphatic rings. The number of carboxylic acids is 1. The molecule has 0 aliphatic heterocycles. The summed E-state index contributed by atoms with van der Waals surface area (Å²) in [5, 5.41) is 10.00. The van der Waals surface area contributed by atoms with Crippen LogP contribution in [-0.2, 0) is 11.3 Å². The topological polar surface area (TPSA) is 56.3 Å². The first-order valence-electron chi connectivity index (χ1n) is 6.05. The predicted molar refractivity (Wildman–Crippen MR) is 71.5 cm³/mol. The van der Waals surface area contributed by atoms with Gasteiger partial charge in [-0.2, -0.15) is 0 Å². The van der Waals surface area contributed by atoms with E-state index in [-0.39, 0.29) is 12.5 Å². The van der Waals surface area contributed by atoms with Gasteiger partial charge in [0.2, 0.25) is 0 Å². The van der Waals surface area contributed by atoms with Gasteiger partial charge in [-0.05, 0) is 25.6 Å². The lowest BCUT2D eigenvalue weighted by Crippen LogP contribution is -2.30. The molecule has 4 nitrogen and oxygen atoms in total. The Balaban J connectivity index is 2.11. The van der Waals surface area contributed by atoms with Gasteiger partial charge in [0.25, 0.3) is 0 Å². The SMILES string of the molecule is CC(CC(=O)O)N(C)Cc1c[nH]c2ccccc12. The van der Waals surface area contributed by atoms with Crippen molar-refractivity contribution in [2.75, 3.05) is 7.05 Å². The van der Waals surface area contributed by atoms with Crippen LogP contribution in [0.25, 0.3) is 10.9 Å². The Labute approximate surface area is 106 Å². The molecule has 1 unspecified atom stereocenters. The van der Waals surface area contributed by atoms with Crippen LogP contribution in [0.3, 0.4) is 0 Å². The summed E-state index contributed by atoms with van der Waals surface area (Å²) >= 11 is 0. The molecular formula is C14H18N2O2. The van der Waals surface area contributed by atoms with Gasteiger partial charge in [-0.3, -0.25) is 9.69 Å². The molecule has 2 rings (SSSR count). The van der Waals surface area contributed by atoms with Gasteiger partial charge in [0.1, 0.15) is 0 Å². The monoisotopic (exact) mass is 246 g/mol. The molecule has 0 radical (unpaired) electrons. The van der Waals surface area contributed by atoms with Crippen LogP contribution in [0, 0.1) is 0 Å². The molecule has 0 fully saturated rings. The summed E-state index contributed by atoms with van der Waals surface area (Å²) in [6.07, 6.45) is 2.16. The number of rotatable bonds is 5. The number of carboxylic acid groups (broad SMARTS) is 1. The largest absolute Gasteiger partial charge is 0.481 e. The van der Waals surface area contributed by atoms with Gasteiger partial charge in [0.15, 0.2) is 0 Å². The Hall–Kier alpha value is -1.81. The van der Waals surface area contributed by atoms with E-state index in [9.17, 15) is 4.79 Å². The van der Waals surface area contributed by atoms with Crippen molar-refractivity contribution in [1.82, 2.24) is 9.88 Å². The lowest BCUT2D eigenvalue weighted by molar-refractivity contribution is -0.138. The second-order valence-electron chi connectivity index (χ2n) is 4.72. The van der Waals surface area contributed by atoms with Crippen LogP contribution in [0.2, 0.25) is 0 Å². The third kappa shape index (κ3) is 2.71. The second-order valence-corrected chi connectivity index (χ2v) is 4.72. The number of benzene rings is 1. The molecule has 0 saturated carbocycles. The number of carbonyl (C=O) groups is 1. The molecule has 0 saturated heterocycles. The van der Waals surface area contributed by atoms with E-state index >= 15 is 0 Å². The Bertz CT molecular complexity index is 547. The van der Waals surface area contributed by atoms with Crippen molar-refractivity contribution in [3.8, 4) is 0 Å². The molecule has 2 aromatic rings. The number of aliphatic carboxylic acids is 1. The summed E-state index contributed by atoms with van der Waals surface area (Å²) in [4.78, 5) is 16.0. The number of hydrogen-bond donors (Lipinski definition) is 2. The average Bonchev–Trinajstić information content (AvgIpc) is 2.72. The number of nitrogens with zero attached hydrogens (tertiary/aromatic N) is 1. The van der Waals surface area contributed by atoms with Crippen molar-refractivity contribution < 1.29 is 9.90 Å². The zero-order valence-electron chi connectivity index (χ0n) is 10.7. The molecule has 0 amide bonds. The average molecular weight is 246 g/mol. The molecule has 96 valence electrons. The zero-order chi connectivity index (χ0) is 13.1. The number of aromatic nitrogens is 1. The first-order chi connectivity index (χ1) is 8.58. The summed E-state index contributed by atoms with van der Waals surface area (Å²) in [5.74, 6) is -0.756. The van der Waals surface area contributed by atoms with Gasteiger partial charge < -0.3 is 10.1 Å². The second kappa shape index (κ2) is 5.23. The summed E-state index contributed by atoms with van der Waals surface area (Å²) < 4.78 is 0. The van der Waals surface area contributed by atoms with Crippen molar-refractivity contribution in [1.29, 1.82) is 0 Å². The third-order valence-corrected chi connectivity index (χ3v) is 3.32. The molecular weight excluding hydrogens is 228 g/mol. The van der Waals surface area contributed by atoms with E-state index in [2.05, 4.69) is 16.0 Å². The van der Waals surface area contributed by atoms with E-state index in [4.69, 9.17) is 5.11 Å². The minimum absolute atomic E-state index is 0.0242. The van der Waals surface area contributed by atoms with E-state index in [1.165, 1.54) is 10.9 Å². The summed E-state index contributed by atoms with van der Waals surface area (Å²) in [6, 6.07) is 8.16. The van der Waals surface area contributed by atoms with E-state index in [1.807, 2.05) is 38.4 Å². The van der Waals surface area contributed by atoms with Crippen LogP contribution < -0.4 is 0 Å². The Morgan fingerprint density at radius 1 is 1.44 bits per heavy atom. The fourth-order valence-corrected chi connectivity index (χ4v) is 2.10.